The zero-order valence-corrected chi connectivity index (χ0v) is 21.7. The van der Waals surface area contributed by atoms with E-state index in [-0.39, 0.29) is 12.0 Å². The first-order valence-electron chi connectivity index (χ1n) is 12.1. The fourth-order valence-electron chi connectivity index (χ4n) is 4.54. The zero-order chi connectivity index (χ0) is 24.9. The summed E-state index contributed by atoms with van der Waals surface area (Å²) in [5.41, 5.74) is 1.70. The molecule has 0 aromatic heterocycles. The molecule has 1 aliphatic carbocycles. The summed E-state index contributed by atoms with van der Waals surface area (Å²) in [5, 5.41) is -0.415. The van der Waals surface area contributed by atoms with Crippen molar-refractivity contribution in [3.8, 4) is 11.5 Å². The molecule has 188 valence electrons. The molecule has 2 atom stereocenters. The van der Waals surface area contributed by atoms with E-state index in [0.717, 1.165) is 40.5 Å². The lowest BCUT2D eigenvalue weighted by Gasteiger charge is -2.28. The van der Waals surface area contributed by atoms with E-state index in [9.17, 15) is 9.59 Å². The molecule has 0 spiro atoms. The molecule has 0 saturated heterocycles. The van der Waals surface area contributed by atoms with Crippen LogP contribution in [-0.2, 0) is 14.3 Å². The number of hydrogen-bond acceptors (Lipinski definition) is 7. The lowest BCUT2D eigenvalue weighted by atomic mass is 10.1. The molecule has 1 heterocycles. The van der Waals surface area contributed by atoms with Crippen LogP contribution in [0.1, 0.15) is 43.4 Å². The molecule has 2 aromatic carbocycles. The maximum absolute atomic E-state index is 13.9. The topological polar surface area (TPSA) is 68.3 Å². The number of hydrogen-bond donors (Lipinski definition) is 0. The molecular weight excluding hydrogens is 464 g/mol. The number of ether oxygens (including phenoxy) is 3. The molecule has 7 nitrogen and oxygen atoms in total. The first-order valence-corrected chi connectivity index (χ1v) is 13.0. The van der Waals surface area contributed by atoms with Crippen LogP contribution in [0.2, 0.25) is 0 Å². The second kappa shape index (κ2) is 11.4. The van der Waals surface area contributed by atoms with Crippen LogP contribution in [0, 0.1) is 0 Å². The Morgan fingerprint density at radius 1 is 1.09 bits per heavy atom. The summed E-state index contributed by atoms with van der Waals surface area (Å²) in [6.45, 7) is 2.50. The van der Waals surface area contributed by atoms with Crippen molar-refractivity contribution in [2.75, 3.05) is 39.2 Å². The van der Waals surface area contributed by atoms with E-state index >= 15 is 0 Å². The molecular formula is C27H34N2O5S. The van der Waals surface area contributed by atoms with Crippen LogP contribution in [0.4, 0.5) is 5.69 Å². The maximum Gasteiger partial charge on any atom is 0.303 e. The first kappa shape index (κ1) is 25.4. The number of amides is 1. The zero-order valence-electron chi connectivity index (χ0n) is 20.9. The van der Waals surface area contributed by atoms with Crippen molar-refractivity contribution in [1.29, 1.82) is 0 Å². The number of anilines is 1. The first-order chi connectivity index (χ1) is 16.9. The van der Waals surface area contributed by atoms with Gasteiger partial charge in [0.1, 0.15) is 11.5 Å². The fraction of sp³-hybridized carbons (Fsp3) is 0.481. The van der Waals surface area contributed by atoms with E-state index in [1.165, 1.54) is 31.5 Å². The standard InChI is InChI=1S/C27H34N2O5S/c1-18(30)33-25-26(19-9-11-20(32-4)12-10-19)35-24-17-22(34-21-7-5-6-8-21)13-14-23(24)29(27(25)31)16-15-28(2)3/h9-14,17,21,25-26H,5-8,15-16H2,1-4H3/t25-,26+/m0/s1. The van der Waals surface area contributed by atoms with Crippen LogP contribution < -0.4 is 14.4 Å². The van der Waals surface area contributed by atoms with E-state index in [4.69, 9.17) is 14.2 Å². The summed E-state index contributed by atoms with van der Waals surface area (Å²) in [7, 11) is 5.56. The van der Waals surface area contributed by atoms with Crippen molar-refractivity contribution in [2.45, 2.75) is 55.0 Å². The summed E-state index contributed by atoms with van der Waals surface area (Å²) in [6, 6.07) is 13.5. The Labute approximate surface area is 211 Å². The number of methoxy groups -OCH3 is 1. The Kier molecular flexibility index (Phi) is 8.23. The van der Waals surface area contributed by atoms with Crippen molar-refractivity contribution in [3.63, 3.8) is 0 Å². The molecule has 1 aliphatic heterocycles. The summed E-state index contributed by atoms with van der Waals surface area (Å²) in [5.74, 6) is 0.829. The smallest absolute Gasteiger partial charge is 0.303 e. The molecule has 0 bridgehead atoms. The summed E-state index contributed by atoms with van der Waals surface area (Å²) < 4.78 is 17.3. The minimum absolute atomic E-state index is 0.224. The molecule has 35 heavy (non-hydrogen) atoms. The third kappa shape index (κ3) is 6.11. The van der Waals surface area contributed by atoms with Crippen LogP contribution in [0.25, 0.3) is 0 Å². The largest absolute Gasteiger partial charge is 0.497 e. The summed E-state index contributed by atoms with van der Waals surface area (Å²) in [6.07, 6.45) is 3.81. The van der Waals surface area contributed by atoms with Gasteiger partial charge in [0, 0.05) is 24.9 Å². The maximum atomic E-state index is 13.9. The molecule has 2 aromatic rings. The Morgan fingerprint density at radius 3 is 2.40 bits per heavy atom. The SMILES string of the molecule is COc1ccc([C@H]2Sc3cc(OC4CCCC4)ccc3N(CCN(C)C)C(=O)[C@H]2OC(C)=O)cc1. The molecule has 0 N–H and O–H groups in total. The monoisotopic (exact) mass is 498 g/mol. The lowest BCUT2D eigenvalue weighted by Crippen LogP contribution is -2.45. The van der Waals surface area contributed by atoms with Crippen molar-refractivity contribution in [1.82, 2.24) is 4.90 Å². The summed E-state index contributed by atoms with van der Waals surface area (Å²) in [4.78, 5) is 30.7. The average molecular weight is 499 g/mol. The second-order valence-electron chi connectivity index (χ2n) is 9.29. The van der Waals surface area contributed by atoms with Crippen LogP contribution in [0.3, 0.4) is 0 Å². The molecule has 8 heteroatoms. The van der Waals surface area contributed by atoms with E-state index < -0.39 is 17.3 Å². The number of esters is 1. The van der Waals surface area contributed by atoms with Crippen LogP contribution in [0.5, 0.6) is 11.5 Å². The van der Waals surface area contributed by atoms with Gasteiger partial charge in [0.2, 0.25) is 0 Å². The lowest BCUT2D eigenvalue weighted by molar-refractivity contribution is -0.152. The number of carbonyl (C=O) groups is 2. The van der Waals surface area contributed by atoms with Gasteiger partial charge in [-0.3, -0.25) is 9.59 Å². The Bertz CT molecular complexity index is 1040. The number of thioether (sulfide) groups is 1. The predicted molar refractivity (Wildman–Crippen MR) is 137 cm³/mol. The minimum atomic E-state index is -0.959. The van der Waals surface area contributed by atoms with E-state index in [1.54, 1.807) is 12.0 Å². The predicted octanol–water partition coefficient (Wildman–Crippen LogP) is 4.69. The number of benzene rings is 2. The Hall–Kier alpha value is -2.71. The van der Waals surface area contributed by atoms with Gasteiger partial charge in [-0.2, -0.15) is 0 Å². The van der Waals surface area contributed by atoms with Crippen molar-refractivity contribution in [2.24, 2.45) is 0 Å². The number of likely N-dealkylation sites (N-methyl/N-ethyl adjacent to an activating group) is 1. The van der Waals surface area contributed by atoms with Gasteiger partial charge in [-0.25, -0.2) is 0 Å². The molecule has 1 amide bonds. The van der Waals surface area contributed by atoms with Gasteiger partial charge >= 0.3 is 5.97 Å². The number of nitrogens with zero attached hydrogens (tertiary/aromatic N) is 2. The van der Waals surface area contributed by atoms with Gasteiger partial charge < -0.3 is 24.0 Å². The molecule has 0 radical (unpaired) electrons. The highest BCUT2D eigenvalue weighted by molar-refractivity contribution is 7.99. The fourth-order valence-corrected chi connectivity index (χ4v) is 5.89. The van der Waals surface area contributed by atoms with E-state index in [0.29, 0.717) is 13.1 Å². The van der Waals surface area contributed by atoms with Crippen LogP contribution in [0.15, 0.2) is 47.4 Å². The van der Waals surface area contributed by atoms with E-state index in [2.05, 4.69) is 0 Å². The van der Waals surface area contributed by atoms with Gasteiger partial charge in [0.15, 0.2) is 6.10 Å². The summed E-state index contributed by atoms with van der Waals surface area (Å²) >= 11 is 1.53. The van der Waals surface area contributed by atoms with Crippen LogP contribution in [-0.4, -0.2) is 63.3 Å². The Balaban J connectivity index is 1.75. The number of fused-ring (bicyclic) bond motifs is 1. The third-order valence-corrected chi connectivity index (χ3v) is 7.73. The van der Waals surface area contributed by atoms with Crippen LogP contribution >= 0.6 is 11.8 Å². The van der Waals surface area contributed by atoms with Gasteiger partial charge in [-0.1, -0.05) is 12.1 Å². The minimum Gasteiger partial charge on any atom is -0.497 e. The van der Waals surface area contributed by atoms with Gasteiger partial charge in [0.25, 0.3) is 5.91 Å². The molecule has 4 rings (SSSR count). The van der Waals surface area contributed by atoms with Crippen molar-refractivity contribution >= 4 is 29.3 Å². The molecule has 0 unspecified atom stereocenters. The quantitative estimate of drug-likeness (QED) is 0.489. The number of rotatable bonds is 8. The normalized spacial score (nSPS) is 20.5. The highest BCUT2D eigenvalue weighted by Crippen LogP contribution is 2.48. The second-order valence-corrected chi connectivity index (χ2v) is 10.5. The van der Waals surface area contributed by atoms with Gasteiger partial charge in [-0.05, 0) is 75.7 Å². The molecule has 2 aliphatic rings. The van der Waals surface area contributed by atoms with E-state index in [1.807, 2.05) is 61.5 Å². The molecule has 1 fully saturated rings. The Morgan fingerprint density at radius 2 is 1.77 bits per heavy atom. The van der Waals surface area contributed by atoms with Crippen molar-refractivity contribution < 1.29 is 23.8 Å². The van der Waals surface area contributed by atoms with Gasteiger partial charge in [-0.15, -0.1) is 11.8 Å². The highest BCUT2D eigenvalue weighted by Gasteiger charge is 2.41. The number of carbonyl (C=O) groups excluding carboxylic acids is 2. The average Bonchev–Trinajstić information content (AvgIpc) is 3.31. The third-order valence-electron chi connectivity index (χ3n) is 6.37. The van der Waals surface area contributed by atoms with Gasteiger partial charge in [0.05, 0.1) is 24.2 Å². The van der Waals surface area contributed by atoms with Crippen molar-refractivity contribution in [3.05, 3.63) is 48.0 Å². The molecule has 1 saturated carbocycles. The highest BCUT2D eigenvalue weighted by atomic mass is 32.2.